The maximum absolute atomic E-state index is 12.0. The fourth-order valence-corrected chi connectivity index (χ4v) is 4.38. The number of nitrogens with zero attached hydrogens (tertiary/aromatic N) is 2. The molecular formula is C22H29N5O2S. The van der Waals surface area contributed by atoms with Crippen LogP contribution in [0.1, 0.15) is 51.5 Å². The van der Waals surface area contributed by atoms with Crippen molar-refractivity contribution in [3.8, 4) is 0 Å². The zero-order valence-electron chi connectivity index (χ0n) is 18.1. The van der Waals surface area contributed by atoms with Gasteiger partial charge in [-0.25, -0.2) is 9.78 Å². The average Bonchev–Trinajstić information content (AvgIpc) is 3.27. The summed E-state index contributed by atoms with van der Waals surface area (Å²) in [5, 5.41) is 8.82. The standard InChI is InChI=1S/C22H29N5O2S/c1-6-29-21(28)19-14(3)26-20(30-19)15(4)27-22(23-5)24-12-11-16-13(2)25-18-10-8-7-9-17(16)18/h7-10,15,25H,6,11-12H2,1-5H3,(H2,23,24,27). The van der Waals surface area contributed by atoms with Crippen molar-refractivity contribution in [3.05, 3.63) is 51.1 Å². The highest BCUT2D eigenvalue weighted by atomic mass is 32.1. The fraction of sp³-hybridized carbons (Fsp3) is 0.409. The Morgan fingerprint density at radius 2 is 2.10 bits per heavy atom. The van der Waals surface area contributed by atoms with Crippen molar-refractivity contribution in [2.24, 2.45) is 4.99 Å². The minimum Gasteiger partial charge on any atom is -0.462 e. The Labute approximate surface area is 181 Å². The monoisotopic (exact) mass is 427 g/mol. The summed E-state index contributed by atoms with van der Waals surface area (Å²) < 4.78 is 5.11. The van der Waals surface area contributed by atoms with Crippen LogP contribution in [0.15, 0.2) is 29.3 Å². The minimum atomic E-state index is -0.317. The largest absolute Gasteiger partial charge is 0.462 e. The van der Waals surface area contributed by atoms with Crippen LogP contribution in [-0.2, 0) is 11.2 Å². The lowest BCUT2D eigenvalue weighted by Crippen LogP contribution is -2.39. The number of aliphatic imine (C=N–C) groups is 1. The number of benzene rings is 1. The normalized spacial score (nSPS) is 12.8. The van der Waals surface area contributed by atoms with Gasteiger partial charge in [0.05, 0.1) is 18.3 Å². The fourth-order valence-electron chi connectivity index (χ4n) is 3.41. The molecule has 30 heavy (non-hydrogen) atoms. The predicted molar refractivity (Wildman–Crippen MR) is 122 cm³/mol. The van der Waals surface area contributed by atoms with Gasteiger partial charge < -0.3 is 20.4 Å². The summed E-state index contributed by atoms with van der Waals surface area (Å²) in [6, 6.07) is 8.27. The van der Waals surface area contributed by atoms with E-state index in [0.717, 1.165) is 23.5 Å². The molecule has 0 radical (unpaired) electrons. The number of nitrogens with one attached hydrogen (secondary N) is 3. The van der Waals surface area contributed by atoms with E-state index in [1.165, 1.54) is 28.0 Å². The van der Waals surface area contributed by atoms with E-state index in [1.54, 1.807) is 14.0 Å². The Balaban J connectivity index is 1.60. The highest BCUT2D eigenvalue weighted by Gasteiger charge is 2.20. The van der Waals surface area contributed by atoms with Crippen molar-refractivity contribution in [1.29, 1.82) is 0 Å². The van der Waals surface area contributed by atoms with Crippen LogP contribution in [-0.4, -0.2) is 42.1 Å². The van der Waals surface area contributed by atoms with Crippen LogP contribution in [0.4, 0.5) is 0 Å². The van der Waals surface area contributed by atoms with Crippen molar-refractivity contribution in [1.82, 2.24) is 20.6 Å². The molecule has 1 aromatic carbocycles. The Kier molecular flexibility index (Phi) is 7.10. The Morgan fingerprint density at radius 1 is 1.33 bits per heavy atom. The molecule has 160 valence electrons. The zero-order valence-corrected chi connectivity index (χ0v) is 18.9. The number of hydrogen-bond donors (Lipinski definition) is 3. The summed E-state index contributed by atoms with van der Waals surface area (Å²) in [4.78, 5) is 24.9. The van der Waals surface area contributed by atoms with Crippen molar-refractivity contribution in [3.63, 3.8) is 0 Å². The number of rotatable bonds is 7. The van der Waals surface area contributed by atoms with E-state index in [-0.39, 0.29) is 12.0 Å². The molecule has 0 aliphatic rings. The molecule has 3 rings (SSSR count). The van der Waals surface area contributed by atoms with Crippen molar-refractivity contribution >= 4 is 34.2 Å². The molecule has 0 saturated heterocycles. The number of H-pyrrole nitrogens is 1. The van der Waals surface area contributed by atoms with E-state index in [1.807, 2.05) is 19.9 Å². The molecule has 1 atom stereocenters. The van der Waals surface area contributed by atoms with Gasteiger partial charge in [-0.3, -0.25) is 4.99 Å². The number of aryl methyl sites for hydroxylation is 2. The van der Waals surface area contributed by atoms with E-state index in [9.17, 15) is 4.79 Å². The Hall–Kier alpha value is -2.87. The first-order valence-corrected chi connectivity index (χ1v) is 10.9. The lowest BCUT2D eigenvalue weighted by atomic mass is 10.1. The molecule has 0 spiro atoms. The van der Waals surface area contributed by atoms with Gasteiger partial charge in [0.15, 0.2) is 5.96 Å². The van der Waals surface area contributed by atoms with Gasteiger partial charge in [0.2, 0.25) is 0 Å². The second kappa shape index (κ2) is 9.75. The van der Waals surface area contributed by atoms with Gasteiger partial charge in [0.1, 0.15) is 9.88 Å². The summed E-state index contributed by atoms with van der Waals surface area (Å²) in [5.41, 5.74) is 4.37. The molecule has 0 aliphatic carbocycles. The molecule has 0 amide bonds. The number of para-hydroxylation sites is 1. The van der Waals surface area contributed by atoms with Gasteiger partial charge in [-0.1, -0.05) is 18.2 Å². The zero-order chi connectivity index (χ0) is 21.7. The summed E-state index contributed by atoms with van der Waals surface area (Å²) in [5.74, 6) is 0.382. The van der Waals surface area contributed by atoms with E-state index in [2.05, 4.69) is 50.7 Å². The Bertz CT molecular complexity index is 1050. The number of carbonyl (C=O) groups excluding carboxylic acids is 1. The van der Waals surface area contributed by atoms with Crippen LogP contribution in [0.5, 0.6) is 0 Å². The molecule has 0 bridgehead atoms. The second-order valence-electron chi connectivity index (χ2n) is 7.08. The molecule has 3 aromatic rings. The maximum atomic E-state index is 12.0. The molecule has 0 aliphatic heterocycles. The van der Waals surface area contributed by atoms with E-state index < -0.39 is 0 Å². The number of aromatic nitrogens is 2. The van der Waals surface area contributed by atoms with Gasteiger partial charge in [-0.2, -0.15) is 0 Å². The third kappa shape index (κ3) is 4.81. The smallest absolute Gasteiger partial charge is 0.350 e. The first-order valence-electron chi connectivity index (χ1n) is 10.1. The van der Waals surface area contributed by atoms with Gasteiger partial charge >= 0.3 is 5.97 Å². The molecule has 8 heteroatoms. The number of hydrogen-bond acceptors (Lipinski definition) is 5. The predicted octanol–water partition coefficient (Wildman–Crippen LogP) is 3.89. The first-order chi connectivity index (χ1) is 14.4. The average molecular weight is 428 g/mol. The van der Waals surface area contributed by atoms with Gasteiger partial charge in [0, 0.05) is 30.2 Å². The topological polar surface area (TPSA) is 91.4 Å². The van der Waals surface area contributed by atoms with Crippen LogP contribution in [0.2, 0.25) is 0 Å². The minimum absolute atomic E-state index is 0.0853. The summed E-state index contributed by atoms with van der Waals surface area (Å²) >= 11 is 1.36. The second-order valence-corrected chi connectivity index (χ2v) is 8.11. The third-order valence-corrected chi connectivity index (χ3v) is 6.24. The number of thiazole rings is 1. The van der Waals surface area contributed by atoms with Gasteiger partial charge in [0.25, 0.3) is 0 Å². The number of guanidine groups is 1. The molecule has 7 nitrogen and oxygen atoms in total. The van der Waals surface area contributed by atoms with Crippen LogP contribution >= 0.6 is 11.3 Å². The van der Waals surface area contributed by atoms with Gasteiger partial charge in [-0.15, -0.1) is 11.3 Å². The molecule has 1 unspecified atom stereocenters. The van der Waals surface area contributed by atoms with Crippen LogP contribution in [0, 0.1) is 13.8 Å². The van der Waals surface area contributed by atoms with Crippen LogP contribution in [0.3, 0.4) is 0 Å². The van der Waals surface area contributed by atoms with E-state index in [0.29, 0.717) is 23.1 Å². The van der Waals surface area contributed by atoms with Crippen molar-refractivity contribution < 1.29 is 9.53 Å². The van der Waals surface area contributed by atoms with Crippen molar-refractivity contribution in [2.75, 3.05) is 20.2 Å². The molecule has 3 N–H and O–H groups in total. The molecule has 2 aromatic heterocycles. The maximum Gasteiger partial charge on any atom is 0.350 e. The number of carbonyl (C=O) groups is 1. The number of aromatic amines is 1. The summed E-state index contributed by atoms with van der Waals surface area (Å²) in [7, 11) is 1.75. The third-order valence-electron chi connectivity index (χ3n) is 4.92. The summed E-state index contributed by atoms with van der Waals surface area (Å²) in [6.07, 6.45) is 0.883. The molecule has 0 saturated carbocycles. The van der Waals surface area contributed by atoms with Crippen LogP contribution in [0.25, 0.3) is 10.9 Å². The molecule has 0 fully saturated rings. The number of esters is 1. The quantitative estimate of drug-likeness (QED) is 0.302. The highest BCUT2D eigenvalue weighted by Crippen LogP contribution is 2.24. The van der Waals surface area contributed by atoms with Gasteiger partial charge in [-0.05, 0) is 45.7 Å². The number of ether oxygens (including phenoxy) is 1. The SMILES string of the molecule is CCOC(=O)c1sc(C(C)NC(=NC)NCCc2c(C)[nH]c3ccccc23)nc1C. The Morgan fingerprint density at radius 3 is 2.83 bits per heavy atom. The summed E-state index contributed by atoms with van der Waals surface area (Å²) in [6.45, 7) is 8.84. The first kappa shape index (κ1) is 21.8. The van der Waals surface area contributed by atoms with Crippen molar-refractivity contribution in [2.45, 2.75) is 40.2 Å². The lowest BCUT2D eigenvalue weighted by Gasteiger charge is -2.16. The van der Waals surface area contributed by atoms with E-state index in [4.69, 9.17) is 4.74 Å². The van der Waals surface area contributed by atoms with E-state index >= 15 is 0 Å². The molecular weight excluding hydrogens is 398 g/mol. The lowest BCUT2D eigenvalue weighted by molar-refractivity contribution is 0.0531. The van der Waals surface area contributed by atoms with Crippen LogP contribution < -0.4 is 10.6 Å². The highest BCUT2D eigenvalue weighted by molar-refractivity contribution is 7.13. The molecule has 2 heterocycles. The number of fused-ring (bicyclic) bond motifs is 1.